The molecule has 0 saturated carbocycles. The first-order chi connectivity index (χ1) is 9.38. The van der Waals surface area contributed by atoms with Crippen molar-refractivity contribution in [3.8, 4) is 0 Å². The van der Waals surface area contributed by atoms with Crippen LogP contribution in [0.15, 0.2) is 54.7 Å². The number of nitrogens with one attached hydrogen (secondary N) is 1. The summed E-state index contributed by atoms with van der Waals surface area (Å²) >= 11 is 0. The molecule has 1 aromatic heterocycles. The molecule has 0 aliphatic carbocycles. The summed E-state index contributed by atoms with van der Waals surface area (Å²) in [5.41, 5.74) is 9.63. The third kappa shape index (κ3) is 2.26. The molecule has 0 spiro atoms. The van der Waals surface area contributed by atoms with Gasteiger partial charge >= 0.3 is 0 Å². The third-order valence-corrected chi connectivity index (χ3v) is 3.05. The normalized spacial score (nSPS) is 10.6. The maximum atomic E-state index is 5.75. The van der Waals surface area contributed by atoms with Crippen molar-refractivity contribution in [2.45, 2.75) is 6.54 Å². The van der Waals surface area contributed by atoms with Crippen LogP contribution in [0.25, 0.3) is 10.9 Å². The number of hydrogen-bond acceptors (Lipinski definition) is 4. The first-order valence-corrected chi connectivity index (χ1v) is 6.14. The van der Waals surface area contributed by atoms with Crippen LogP contribution >= 0.6 is 0 Å². The summed E-state index contributed by atoms with van der Waals surface area (Å²) in [5, 5.41) is 12.6. The van der Waals surface area contributed by atoms with E-state index >= 15 is 0 Å². The zero-order valence-electron chi connectivity index (χ0n) is 10.4. The number of nitrogens with two attached hydrogens (primary N) is 1. The van der Waals surface area contributed by atoms with Crippen molar-refractivity contribution in [1.29, 1.82) is 0 Å². The highest BCUT2D eigenvalue weighted by Crippen LogP contribution is 2.25. The molecular weight excluding hydrogens is 236 g/mol. The predicted octanol–water partition coefficient (Wildman–Crippen LogP) is 2.83. The SMILES string of the molecule is NCc1ccccc1Nc1cnnc2ccccc12. The maximum Gasteiger partial charge on any atom is 0.0950 e. The van der Waals surface area contributed by atoms with E-state index in [9.17, 15) is 0 Å². The van der Waals surface area contributed by atoms with Gasteiger partial charge in [-0.1, -0.05) is 36.4 Å². The Kier molecular flexibility index (Phi) is 3.08. The predicted molar refractivity (Wildman–Crippen MR) is 77.2 cm³/mol. The number of anilines is 2. The second kappa shape index (κ2) is 5.04. The van der Waals surface area contributed by atoms with Crippen LogP contribution in [0.1, 0.15) is 5.56 Å². The summed E-state index contributed by atoms with van der Waals surface area (Å²) in [5.74, 6) is 0. The molecule has 1 heterocycles. The Labute approximate surface area is 111 Å². The first kappa shape index (κ1) is 11.6. The molecule has 0 atom stereocenters. The van der Waals surface area contributed by atoms with E-state index in [1.165, 1.54) is 0 Å². The van der Waals surface area contributed by atoms with E-state index in [1.54, 1.807) is 6.20 Å². The van der Waals surface area contributed by atoms with E-state index in [0.29, 0.717) is 6.54 Å². The lowest BCUT2D eigenvalue weighted by Gasteiger charge is -2.11. The molecule has 3 rings (SSSR count). The van der Waals surface area contributed by atoms with Gasteiger partial charge in [0.1, 0.15) is 0 Å². The highest BCUT2D eigenvalue weighted by atomic mass is 15.1. The minimum atomic E-state index is 0.500. The van der Waals surface area contributed by atoms with Gasteiger partial charge in [0.05, 0.1) is 17.4 Å². The third-order valence-electron chi connectivity index (χ3n) is 3.05. The van der Waals surface area contributed by atoms with E-state index in [4.69, 9.17) is 5.73 Å². The molecule has 0 bridgehead atoms. The number of benzene rings is 2. The number of fused-ring (bicyclic) bond motifs is 1. The van der Waals surface area contributed by atoms with Crippen LogP contribution in [0.3, 0.4) is 0 Å². The molecular formula is C15H14N4. The summed E-state index contributed by atoms with van der Waals surface area (Å²) < 4.78 is 0. The fraction of sp³-hybridized carbons (Fsp3) is 0.0667. The second-order valence-electron chi connectivity index (χ2n) is 4.26. The van der Waals surface area contributed by atoms with Crippen molar-refractivity contribution in [2.75, 3.05) is 5.32 Å². The van der Waals surface area contributed by atoms with Crippen LogP contribution in [-0.4, -0.2) is 10.2 Å². The number of nitrogens with zero attached hydrogens (tertiary/aromatic N) is 2. The lowest BCUT2D eigenvalue weighted by Crippen LogP contribution is -2.02. The lowest BCUT2D eigenvalue weighted by atomic mass is 10.1. The van der Waals surface area contributed by atoms with Crippen LogP contribution in [0.5, 0.6) is 0 Å². The fourth-order valence-corrected chi connectivity index (χ4v) is 2.07. The number of rotatable bonds is 3. The quantitative estimate of drug-likeness (QED) is 0.750. The molecule has 0 saturated heterocycles. The van der Waals surface area contributed by atoms with E-state index in [-0.39, 0.29) is 0 Å². The van der Waals surface area contributed by atoms with E-state index in [1.807, 2.05) is 48.5 Å². The van der Waals surface area contributed by atoms with Gasteiger partial charge in [-0.3, -0.25) is 0 Å². The number of hydrogen-bond donors (Lipinski definition) is 2. The maximum absolute atomic E-state index is 5.75. The molecule has 0 radical (unpaired) electrons. The summed E-state index contributed by atoms with van der Waals surface area (Å²) in [7, 11) is 0. The van der Waals surface area contributed by atoms with Crippen molar-refractivity contribution in [1.82, 2.24) is 10.2 Å². The van der Waals surface area contributed by atoms with Gasteiger partial charge in [-0.05, 0) is 17.7 Å². The van der Waals surface area contributed by atoms with Gasteiger partial charge in [0.15, 0.2) is 0 Å². The van der Waals surface area contributed by atoms with Crippen LogP contribution in [0, 0.1) is 0 Å². The molecule has 4 heteroatoms. The van der Waals surface area contributed by atoms with Crippen LogP contribution in [-0.2, 0) is 6.54 Å². The van der Waals surface area contributed by atoms with Crippen molar-refractivity contribution in [3.05, 3.63) is 60.3 Å². The molecule has 0 amide bonds. The molecule has 3 N–H and O–H groups in total. The zero-order valence-corrected chi connectivity index (χ0v) is 10.4. The van der Waals surface area contributed by atoms with Crippen molar-refractivity contribution < 1.29 is 0 Å². The minimum Gasteiger partial charge on any atom is -0.353 e. The molecule has 94 valence electrons. The Morgan fingerprint density at radius 2 is 1.74 bits per heavy atom. The van der Waals surface area contributed by atoms with Crippen LogP contribution < -0.4 is 11.1 Å². The standard InChI is InChI=1S/C15H14N4/c16-9-11-5-1-3-7-13(11)18-15-10-17-19-14-8-4-2-6-12(14)15/h1-8,10H,9,16H2,(H,18,19). The summed E-state index contributed by atoms with van der Waals surface area (Å²) in [6, 6.07) is 15.9. The summed E-state index contributed by atoms with van der Waals surface area (Å²) in [6.07, 6.45) is 1.73. The molecule has 19 heavy (non-hydrogen) atoms. The fourth-order valence-electron chi connectivity index (χ4n) is 2.07. The summed E-state index contributed by atoms with van der Waals surface area (Å²) in [4.78, 5) is 0. The van der Waals surface area contributed by atoms with Crippen molar-refractivity contribution >= 4 is 22.3 Å². The highest BCUT2D eigenvalue weighted by molar-refractivity contribution is 5.92. The van der Waals surface area contributed by atoms with E-state index < -0.39 is 0 Å². The van der Waals surface area contributed by atoms with Gasteiger partial charge in [-0.15, -0.1) is 0 Å². The van der Waals surface area contributed by atoms with Crippen molar-refractivity contribution in [3.63, 3.8) is 0 Å². The molecule has 2 aromatic carbocycles. The molecule has 0 fully saturated rings. The Bertz CT molecular complexity index is 704. The second-order valence-corrected chi connectivity index (χ2v) is 4.26. The Morgan fingerprint density at radius 1 is 0.947 bits per heavy atom. The minimum absolute atomic E-state index is 0.500. The summed E-state index contributed by atoms with van der Waals surface area (Å²) in [6.45, 7) is 0.500. The lowest BCUT2D eigenvalue weighted by molar-refractivity contribution is 1.06. The average molecular weight is 250 g/mol. The van der Waals surface area contributed by atoms with Crippen molar-refractivity contribution in [2.24, 2.45) is 5.73 Å². The topological polar surface area (TPSA) is 63.8 Å². The number of para-hydroxylation sites is 1. The van der Waals surface area contributed by atoms with Crippen LogP contribution in [0.4, 0.5) is 11.4 Å². The Hall–Kier alpha value is -2.46. The highest BCUT2D eigenvalue weighted by Gasteiger charge is 2.05. The van der Waals surface area contributed by atoms with Gasteiger partial charge in [0.2, 0.25) is 0 Å². The van der Waals surface area contributed by atoms with Gasteiger partial charge in [0, 0.05) is 17.6 Å². The van der Waals surface area contributed by atoms with Gasteiger partial charge in [-0.2, -0.15) is 10.2 Å². The average Bonchev–Trinajstić information content (AvgIpc) is 2.48. The van der Waals surface area contributed by atoms with Gasteiger partial charge < -0.3 is 11.1 Å². The molecule has 3 aromatic rings. The van der Waals surface area contributed by atoms with Gasteiger partial charge in [-0.25, -0.2) is 0 Å². The molecule has 0 aliphatic rings. The molecule has 4 nitrogen and oxygen atoms in total. The van der Waals surface area contributed by atoms with E-state index in [2.05, 4.69) is 15.5 Å². The van der Waals surface area contributed by atoms with Crippen LogP contribution in [0.2, 0.25) is 0 Å². The largest absolute Gasteiger partial charge is 0.353 e. The monoisotopic (exact) mass is 250 g/mol. The zero-order chi connectivity index (χ0) is 13.1. The smallest absolute Gasteiger partial charge is 0.0950 e. The Morgan fingerprint density at radius 3 is 2.63 bits per heavy atom. The molecule has 0 unspecified atom stereocenters. The number of aromatic nitrogens is 2. The molecule has 0 aliphatic heterocycles. The first-order valence-electron chi connectivity index (χ1n) is 6.14. The van der Waals surface area contributed by atoms with Gasteiger partial charge in [0.25, 0.3) is 0 Å². The van der Waals surface area contributed by atoms with E-state index in [0.717, 1.165) is 27.8 Å². The Balaban J connectivity index is 2.06.